The molecule has 0 spiro atoms. The molecule has 2 amide bonds. The molecular formula is C26H21F4N5O4. The van der Waals surface area contributed by atoms with Crippen LogP contribution in [0.25, 0.3) is 22.2 Å². The number of nitrogens with two attached hydrogens (primary N) is 1. The number of benzene rings is 2. The van der Waals surface area contributed by atoms with Gasteiger partial charge >= 0.3 is 6.18 Å². The van der Waals surface area contributed by atoms with Gasteiger partial charge in [0.05, 0.1) is 24.0 Å². The summed E-state index contributed by atoms with van der Waals surface area (Å²) in [7, 11) is 0. The maximum absolute atomic E-state index is 14.5. The number of nitrogens with one attached hydrogen (secondary N) is 2. The molecular weight excluding hydrogens is 522 g/mol. The van der Waals surface area contributed by atoms with Crippen LogP contribution in [0.2, 0.25) is 0 Å². The Morgan fingerprint density at radius 2 is 1.90 bits per heavy atom. The van der Waals surface area contributed by atoms with E-state index in [4.69, 9.17) is 10.5 Å². The fraction of sp³-hybridized carbons (Fsp3) is 0.231. The Bertz CT molecular complexity index is 1600. The van der Waals surface area contributed by atoms with Gasteiger partial charge in [-0.3, -0.25) is 14.7 Å². The number of aliphatic hydroxyl groups is 1. The van der Waals surface area contributed by atoms with Gasteiger partial charge in [-0.25, -0.2) is 9.37 Å². The molecule has 2 atom stereocenters. The number of H-pyrrole nitrogens is 1. The highest BCUT2D eigenvalue weighted by atomic mass is 19.4. The fourth-order valence-corrected chi connectivity index (χ4v) is 4.33. The summed E-state index contributed by atoms with van der Waals surface area (Å²) in [6.07, 6.45) is -3.87. The zero-order valence-electron chi connectivity index (χ0n) is 20.3. The second-order valence-electron chi connectivity index (χ2n) is 9.44. The lowest BCUT2D eigenvalue weighted by Crippen LogP contribution is -2.51. The van der Waals surface area contributed by atoms with E-state index in [-0.39, 0.29) is 34.7 Å². The Balaban J connectivity index is 1.59. The van der Waals surface area contributed by atoms with Gasteiger partial charge in [0.1, 0.15) is 29.3 Å². The van der Waals surface area contributed by atoms with Crippen LogP contribution in [-0.4, -0.2) is 51.4 Å². The van der Waals surface area contributed by atoms with Gasteiger partial charge in [-0.2, -0.15) is 18.3 Å². The van der Waals surface area contributed by atoms with Gasteiger partial charge in [-0.15, -0.1) is 0 Å². The minimum atomic E-state index is -5.32. The van der Waals surface area contributed by atoms with Crippen LogP contribution in [0.5, 0.6) is 5.75 Å². The van der Waals surface area contributed by atoms with Crippen molar-refractivity contribution in [2.45, 2.75) is 24.1 Å². The summed E-state index contributed by atoms with van der Waals surface area (Å²) in [6, 6.07) is 9.94. The smallest absolute Gasteiger partial charge is 0.424 e. The molecule has 5 rings (SSSR count). The average molecular weight is 543 g/mol. The molecule has 0 radical (unpaired) electrons. The second-order valence-corrected chi connectivity index (χ2v) is 9.44. The summed E-state index contributed by atoms with van der Waals surface area (Å²) in [6.45, 7) is -0.198. The molecule has 0 saturated heterocycles. The summed E-state index contributed by atoms with van der Waals surface area (Å²) in [5, 5.41) is 20.3. The van der Waals surface area contributed by atoms with Crippen LogP contribution in [0.1, 0.15) is 28.5 Å². The molecule has 2 aromatic carbocycles. The van der Waals surface area contributed by atoms with Gasteiger partial charge < -0.3 is 20.9 Å². The van der Waals surface area contributed by atoms with E-state index < -0.39 is 47.1 Å². The lowest BCUT2D eigenvalue weighted by Gasteiger charge is -2.31. The van der Waals surface area contributed by atoms with Gasteiger partial charge in [0.15, 0.2) is 0 Å². The number of carbonyl (C=O) groups excluding carboxylic acids is 2. The molecule has 202 valence electrons. The quantitative estimate of drug-likeness (QED) is 0.275. The van der Waals surface area contributed by atoms with Crippen molar-refractivity contribution in [2.75, 3.05) is 13.2 Å². The Kier molecular flexibility index (Phi) is 6.06. The minimum Gasteiger partial charge on any atom is -0.489 e. The van der Waals surface area contributed by atoms with Crippen molar-refractivity contribution >= 4 is 22.7 Å². The van der Waals surface area contributed by atoms with E-state index in [9.17, 15) is 32.3 Å². The Morgan fingerprint density at radius 1 is 1.18 bits per heavy atom. The highest BCUT2D eigenvalue weighted by Crippen LogP contribution is 2.47. The number of rotatable bonds is 6. The van der Waals surface area contributed by atoms with Crippen molar-refractivity contribution in [2.24, 2.45) is 5.73 Å². The number of fused-ring (bicyclic) bond motifs is 2. The number of alkyl halides is 3. The number of pyridine rings is 1. The standard InChI is InChI=1S/C26H21F4N5O4/c1-24(23(31)37)12-39-21-17(24)9-19(34-20(21)13-2-5-16(27)6-3-13)25(38,26(28,29)30)11-32-22(36)14-4-7-18-15(8-14)10-33-35-18/h2-10,38H,11-12H2,1H3,(H2,31,37)(H,32,36)(H,33,35)/t24-,25-/m0/s1. The molecule has 5 N–H and O–H groups in total. The van der Waals surface area contributed by atoms with E-state index >= 15 is 0 Å². The maximum Gasteiger partial charge on any atom is 0.424 e. The van der Waals surface area contributed by atoms with E-state index in [0.29, 0.717) is 10.9 Å². The van der Waals surface area contributed by atoms with Gasteiger partial charge in [-0.1, -0.05) is 0 Å². The number of hydrogen-bond acceptors (Lipinski definition) is 6. The number of primary amides is 1. The van der Waals surface area contributed by atoms with Gasteiger partial charge in [0.25, 0.3) is 5.91 Å². The van der Waals surface area contributed by atoms with E-state index in [1.54, 1.807) is 0 Å². The molecule has 4 aromatic rings. The van der Waals surface area contributed by atoms with Crippen LogP contribution >= 0.6 is 0 Å². The molecule has 3 heterocycles. The third-order valence-corrected chi connectivity index (χ3v) is 6.83. The number of nitrogens with zero attached hydrogens (tertiary/aromatic N) is 2. The second kappa shape index (κ2) is 9.05. The van der Waals surface area contributed by atoms with Gasteiger partial charge in [0, 0.05) is 22.1 Å². The predicted molar refractivity (Wildman–Crippen MR) is 130 cm³/mol. The summed E-state index contributed by atoms with van der Waals surface area (Å²) in [5.74, 6) is -2.38. The predicted octanol–water partition coefficient (Wildman–Crippen LogP) is 3.08. The fourth-order valence-electron chi connectivity index (χ4n) is 4.33. The van der Waals surface area contributed by atoms with E-state index in [1.165, 1.54) is 43.5 Å². The van der Waals surface area contributed by atoms with Gasteiger partial charge in [0.2, 0.25) is 11.5 Å². The van der Waals surface area contributed by atoms with Crippen molar-refractivity contribution in [1.29, 1.82) is 0 Å². The molecule has 0 bridgehead atoms. The summed E-state index contributed by atoms with van der Waals surface area (Å²) < 4.78 is 62.6. The minimum absolute atomic E-state index is 0.0198. The Labute approximate surface area is 218 Å². The van der Waals surface area contributed by atoms with Crippen LogP contribution in [0.4, 0.5) is 17.6 Å². The molecule has 39 heavy (non-hydrogen) atoms. The first-order chi connectivity index (χ1) is 18.3. The molecule has 0 aliphatic carbocycles. The molecule has 0 unspecified atom stereocenters. The van der Waals surface area contributed by atoms with Crippen molar-refractivity contribution in [3.63, 3.8) is 0 Å². The SMILES string of the molecule is C[C@]1(C(N)=O)COc2c1cc([C@@](O)(CNC(=O)c1ccc3[nH]ncc3c1)C(F)(F)F)nc2-c1ccc(F)cc1. The molecule has 13 heteroatoms. The monoisotopic (exact) mass is 543 g/mol. The number of carbonyl (C=O) groups is 2. The normalized spacial score (nSPS) is 18.3. The maximum atomic E-state index is 14.5. The molecule has 9 nitrogen and oxygen atoms in total. The van der Waals surface area contributed by atoms with Crippen LogP contribution in [0.3, 0.4) is 0 Å². The highest BCUT2D eigenvalue weighted by Gasteiger charge is 2.57. The number of aromatic amines is 1. The Morgan fingerprint density at radius 3 is 2.56 bits per heavy atom. The van der Waals surface area contributed by atoms with Gasteiger partial charge in [-0.05, 0) is 55.5 Å². The molecule has 2 aromatic heterocycles. The van der Waals surface area contributed by atoms with Crippen LogP contribution in [0, 0.1) is 5.82 Å². The number of halogens is 4. The largest absolute Gasteiger partial charge is 0.489 e. The Hall–Kier alpha value is -4.52. The average Bonchev–Trinajstić information content (AvgIpc) is 3.51. The van der Waals surface area contributed by atoms with Crippen molar-refractivity contribution in [3.05, 3.63) is 77.4 Å². The number of ether oxygens (including phenoxy) is 1. The van der Waals surface area contributed by atoms with Crippen LogP contribution in [-0.2, 0) is 15.8 Å². The number of hydrogen-bond donors (Lipinski definition) is 4. The number of amides is 2. The van der Waals surface area contributed by atoms with Crippen LogP contribution in [0.15, 0.2) is 54.7 Å². The highest BCUT2D eigenvalue weighted by molar-refractivity contribution is 5.98. The number of aromatic nitrogens is 3. The van der Waals surface area contributed by atoms with Crippen molar-refractivity contribution in [3.8, 4) is 17.0 Å². The summed E-state index contributed by atoms with van der Waals surface area (Å²) in [4.78, 5) is 29.1. The topological polar surface area (TPSA) is 143 Å². The lowest BCUT2D eigenvalue weighted by molar-refractivity contribution is -0.265. The van der Waals surface area contributed by atoms with Crippen LogP contribution < -0.4 is 15.8 Å². The lowest BCUT2D eigenvalue weighted by atomic mass is 9.81. The molecule has 1 aliphatic rings. The van der Waals surface area contributed by atoms with E-state index in [1.807, 2.05) is 0 Å². The first-order valence-corrected chi connectivity index (χ1v) is 11.6. The summed E-state index contributed by atoms with van der Waals surface area (Å²) >= 11 is 0. The first kappa shape index (κ1) is 26.1. The van der Waals surface area contributed by atoms with E-state index in [0.717, 1.165) is 18.2 Å². The molecule has 1 aliphatic heterocycles. The zero-order valence-corrected chi connectivity index (χ0v) is 20.3. The van der Waals surface area contributed by atoms with E-state index in [2.05, 4.69) is 20.5 Å². The first-order valence-electron chi connectivity index (χ1n) is 11.6. The summed E-state index contributed by atoms with van der Waals surface area (Å²) in [5.41, 5.74) is 0.0608. The molecule has 0 saturated carbocycles. The van der Waals surface area contributed by atoms with Crippen molar-refractivity contribution < 1.29 is 37.0 Å². The zero-order chi connectivity index (χ0) is 28.2. The third kappa shape index (κ3) is 4.34. The molecule has 0 fully saturated rings. The third-order valence-electron chi connectivity index (χ3n) is 6.83. The van der Waals surface area contributed by atoms with Crippen molar-refractivity contribution in [1.82, 2.24) is 20.5 Å².